The van der Waals surface area contributed by atoms with Crippen LogP contribution in [0.4, 0.5) is 4.39 Å². The van der Waals surface area contributed by atoms with Crippen molar-refractivity contribution in [3.8, 4) is 11.5 Å². The Balaban J connectivity index is 2.82. The zero-order chi connectivity index (χ0) is 10.6. The minimum atomic E-state index is -0.427. The Bertz CT molecular complexity index is 336. The first kappa shape index (κ1) is 10.5. The number of ketones is 1. The molecule has 4 heteroatoms. The summed E-state index contributed by atoms with van der Waals surface area (Å²) in [5.74, 6) is 0.0935. The molecule has 0 aliphatic rings. The lowest BCUT2D eigenvalue weighted by molar-refractivity contribution is -0.118. The fraction of sp³-hybridized carbons (Fsp3) is 0.300. The Labute approximate surface area is 81.4 Å². The molecule has 1 aromatic carbocycles. The van der Waals surface area contributed by atoms with Gasteiger partial charge in [-0.05, 0) is 19.1 Å². The summed E-state index contributed by atoms with van der Waals surface area (Å²) in [4.78, 5) is 10.6. The predicted molar refractivity (Wildman–Crippen MR) is 49.1 cm³/mol. The van der Waals surface area contributed by atoms with E-state index < -0.39 is 5.82 Å². The summed E-state index contributed by atoms with van der Waals surface area (Å²) >= 11 is 0. The first-order valence-corrected chi connectivity index (χ1v) is 4.09. The molecule has 0 bridgehead atoms. The number of methoxy groups -OCH3 is 1. The average molecular weight is 198 g/mol. The molecule has 0 unspecified atom stereocenters. The minimum Gasteiger partial charge on any atom is -0.493 e. The molecule has 0 radical (unpaired) electrons. The van der Waals surface area contributed by atoms with Crippen LogP contribution in [-0.2, 0) is 4.79 Å². The number of carbonyl (C=O) groups excluding carboxylic acids is 1. The zero-order valence-electron chi connectivity index (χ0n) is 8.04. The van der Waals surface area contributed by atoms with Gasteiger partial charge in [0.2, 0.25) is 0 Å². The van der Waals surface area contributed by atoms with Crippen LogP contribution in [0.15, 0.2) is 18.2 Å². The van der Waals surface area contributed by atoms with E-state index >= 15 is 0 Å². The summed E-state index contributed by atoms with van der Waals surface area (Å²) in [6.45, 7) is 1.31. The Kier molecular flexibility index (Phi) is 3.45. The number of carbonyl (C=O) groups is 1. The van der Waals surface area contributed by atoms with Crippen LogP contribution >= 0.6 is 0 Å². The van der Waals surface area contributed by atoms with Gasteiger partial charge in [0, 0.05) is 6.07 Å². The SMILES string of the molecule is COc1ccc(F)cc1OCC(C)=O. The Morgan fingerprint density at radius 3 is 2.71 bits per heavy atom. The summed E-state index contributed by atoms with van der Waals surface area (Å²) < 4.78 is 22.8. The summed E-state index contributed by atoms with van der Waals surface area (Å²) in [7, 11) is 1.45. The number of rotatable bonds is 4. The van der Waals surface area contributed by atoms with Gasteiger partial charge >= 0.3 is 0 Å². The highest BCUT2D eigenvalue weighted by molar-refractivity contribution is 5.77. The Morgan fingerprint density at radius 1 is 1.43 bits per heavy atom. The highest BCUT2D eigenvalue weighted by Gasteiger charge is 2.06. The quantitative estimate of drug-likeness (QED) is 0.740. The van der Waals surface area contributed by atoms with Crippen molar-refractivity contribution in [3.05, 3.63) is 24.0 Å². The summed E-state index contributed by atoms with van der Waals surface area (Å²) in [5.41, 5.74) is 0. The van der Waals surface area contributed by atoms with Crippen LogP contribution in [0.5, 0.6) is 11.5 Å². The van der Waals surface area contributed by atoms with Gasteiger partial charge < -0.3 is 9.47 Å². The third-order valence-electron chi connectivity index (χ3n) is 1.56. The summed E-state index contributed by atoms with van der Waals surface area (Å²) in [6.07, 6.45) is 0. The van der Waals surface area contributed by atoms with E-state index in [1.165, 1.54) is 32.2 Å². The van der Waals surface area contributed by atoms with Gasteiger partial charge in [-0.25, -0.2) is 4.39 Å². The molecule has 3 nitrogen and oxygen atoms in total. The molecule has 0 heterocycles. The second-order valence-corrected chi connectivity index (χ2v) is 2.79. The van der Waals surface area contributed by atoms with Gasteiger partial charge in [-0.3, -0.25) is 4.79 Å². The second-order valence-electron chi connectivity index (χ2n) is 2.79. The normalized spacial score (nSPS) is 9.64. The Hall–Kier alpha value is -1.58. The lowest BCUT2D eigenvalue weighted by atomic mass is 10.3. The van der Waals surface area contributed by atoms with Gasteiger partial charge in [-0.1, -0.05) is 0 Å². The zero-order valence-corrected chi connectivity index (χ0v) is 8.04. The molecule has 0 fully saturated rings. The summed E-state index contributed by atoms with van der Waals surface area (Å²) in [6, 6.07) is 3.89. The molecular weight excluding hydrogens is 187 g/mol. The van der Waals surface area contributed by atoms with Crippen molar-refractivity contribution >= 4 is 5.78 Å². The number of hydrogen-bond donors (Lipinski definition) is 0. The molecule has 0 aliphatic carbocycles. The molecule has 0 atom stereocenters. The van der Waals surface area contributed by atoms with Crippen molar-refractivity contribution < 1.29 is 18.7 Å². The first-order valence-electron chi connectivity index (χ1n) is 4.09. The van der Waals surface area contributed by atoms with Crippen LogP contribution in [0.3, 0.4) is 0 Å². The van der Waals surface area contributed by atoms with E-state index in [2.05, 4.69) is 0 Å². The minimum absolute atomic E-state index is 0.0835. The van der Waals surface area contributed by atoms with Crippen LogP contribution in [0, 0.1) is 5.82 Å². The first-order chi connectivity index (χ1) is 6.63. The van der Waals surface area contributed by atoms with Crippen molar-refractivity contribution in [1.29, 1.82) is 0 Å². The van der Waals surface area contributed by atoms with Crippen LogP contribution in [0.1, 0.15) is 6.92 Å². The fourth-order valence-electron chi connectivity index (χ4n) is 0.943. The molecule has 0 amide bonds. The van der Waals surface area contributed by atoms with Gasteiger partial charge in [0.15, 0.2) is 17.3 Å². The monoisotopic (exact) mass is 198 g/mol. The molecule has 0 aromatic heterocycles. The van der Waals surface area contributed by atoms with Crippen molar-refractivity contribution in [2.45, 2.75) is 6.92 Å². The van der Waals surface area contributed by atoms with Crippen LogP contribution in [0.25, 0.3) is 0 Å². The lowest BCUT2D eigenvalue weighted by Crippen LogP contribution is -2.07. The van der Waals surface area contributed by atoms with Crippen LogP contribution in [0.2, 0.25) is 0 Å². The molecule has 0 aliphatic heterocycles. The molecule has 0 spiro atoms. The third kappa shape index (κ3) is 2.73. The van der Waals surface area contributed by atoms with E-state index in [1.807, 2.05) is 0 Å². The largest absolute Gasteiger partial charge is 0.493 e. The van der Waals surface area contributed by atoms with Crippen molar-refractivity contribution in [3.63, 3.8) is 0 Å². The van der Waals surface area contributed by atoms with Gasteiger partial charge in [0.25, 0.3) is 0 Å². The molecule has 0 N–H and O–H groups in total. The summed E-state index contributed by atoms with van der Waals surface area (Å²) in [5, 5.41) is 0. The fourth-order valence-corrected chi connectivity index (χ4v) is 0.943. The van der Waals surface area contributed by atoms with Crippen LogP contribution in [-0.4, -0.2) is 19.5 Å². The van der Waals surface area contributed by atoms with E-state index in [0.717, 1.165) is 0 Å². The number of benzene rings is 1. The maximum absolute atomic E-state index is 12.8. The van der Waals surface area contributed by atoms with Gasteiger partial charge in [-0.15, -0.1) is 0 Å². The molecule has 1 rings (SSSR count). The molecule has 0 saturated heterocycles. The van der Waals surface area contributed by atoms with Gasteiger partial charge in [0.05, 0.1) is 7.11 Å². The highest BCUT2D eigenvalue weighted by Crippen LogP contribution is 2.27. The molecule has 0 saturated carbocycles. The van der Waals surface area contributed by atoms with E-state index in [0.29, 0.717) is 5.75 Å². The Morgan fingerprint density at radius 2 is 2.14 bits per heavy atom. The van der Waals surface area contributed by atoms with E-state index in [-0.39, 0.29) is 18.1 Å². The maximum Gasteiger partial charge on any atom is 0.167 e. The third-order valence-corrected chi connectivity index (χ3v) is 1.56. The van der Waals surface area contributed by atoms with E-state index in [1.54, 1.807) is 0 Å². The standard InChI is InChI=1S/C10H11FO3/c1-7(12)6-14-10-5-8(11)3-4-9(10)13-2/h3-5H,6H2,1-2H3. The maximum atomic E-state index is 12.8. The van der Waals surface area contributed by atoms with E-state index in [4.69, 9.17) is 9.47 Å². The molecule has 14 heavy (non-hydrogen) atoms. The van der Waals surface area contributed by atoms with Crippen molar-refractivity contribution in [1.82, 2.24) is 0 Å². The number of hydrogen-bond acceptors (Lipinski definition) is 3. The average Bonchev–Trinajstić information content (AvgIpc) is 2.15. The lowest BCUT2D eigenvalue weighted by Gasteiger charge is -2.08. The number of halogens is 1. The number of ether oxygens (including phenoxy) is 2. The van der Waals surface area contributed by atoms with E-state index in [9.17, 15) is 9.18 Å². The van der Waals surface area contributed by atoms with Crippen LogP contribution < -0.4 is 9.47 Å². The smallest absolute Gasteiger partial charge is 0.167 e. The molecular formula is C10H11FO3. The predicted octanol–water partition coefficient (Wildman–Crippen LogP) is 1.80. The highest BCUT2D eigenvalue weighted by atomic mass is 19.1. The number of Topliss-reactive ketones (excluding diaryl/α,β-unsaturated/α-hetero) is 1. The molecule has 76 valence electrons. The van der Waals surface area contributed by atoms with Crippen molar-refractivity contribution in [2.24, 2.45) is 0 Å². The topological polar surface area (TPSA) is 35.5 Å². The molecule has 1 aromatic rings. The van der Waals surface area contributed by atoms with Gasteiger partial charge in [-0.2, -0.15) is 0 Å². The second kappa shape index (κ2) is 4.60. The van der Waals surface area contributed by atoms with Crippen molar-refractivity contribution in [2.75, 3.05) is 13.7 Å². The van der Waals surface area contributed by atoms with Gasteiger partial charge in [0.1, 0.15) is 12.4 Å².